The maximum atomic E-state index is 12.4. The number of nitrogens with one attached hydrogen (secondary N) is 1. The second kappa shape index (κ2) is 8.26. The summed E-state index contributed by atoms with van der Waals surface area (Å²) in [6.45, 7) is 7.91. The number of carbonyl (C=O) groups is 2. The molecule has 1 fully saturated rings. The fraction of sp³-hybridized carbons (Fsp3) is 0.556. The Morgan fingerprint density at radius 2 is 1.83 bits per heavy atom. The van der Waals surface area contributed by atoms with Crippen LogP contribution in [0.5, 0.6) is 0 Å². The van der Waals surface area contributed by atoms with Crippen LogP contribution in [0.3, 0.4) is 0 Å². The van der Waals surface area contributed by atoms with Crippen LogP contribution in [0, 0.1) is 0 Å². The van der Waals surface area contributed by atoms with E-state index in [0.717, 1.165) is 18.7 Å². The van der Waals surface area contributed by atoms with Crippen molar-refractivity contribution < 1.29 is 19.1 Å². The summed E-state index contributed by atoms with van der Waals surface area (Å²) in [6.07, 6.45) is 0.268. The van der Waals surface area contributed by atoms with Gasteiger partial charge < -0.3 is 14.8 Å². The molecular formula is C18H26N2O4. The number of nitrogens with zero attached hydrogens (tertiary/aromatic N) is 1. The normalized spacial score (nSPS) is 22.7. The first kappa shape index (κ1) is 18.4. The van der Waals surface area contributed by atoms with Gasteiger partial charge in [0.1, 0.15) is 0 Å². The lowest BCUT2D eigenvalue weighted by Crippen LogP contribution is -2.53. The van der Waals surface area contributed by atoms with Gasteiger partial charge in [0.25, 0.3) is 0 Å². The van der Waals surface area contributed by atoms with Crippen LogP contribution in [0.1, 0.15) is 36.7 Å². The van der Waals surface area contributed by atoms with E-state index in [1.54, 1.807) is 12.1 Å². The highest BCUT2D eigenvalue weighted by atomic mass is 16.5. The van der Waals surface area contributed by atoms with Crippen molar-refractivity contribution in [1.82, 2.24) is 10.2 Å². The summed E-state index contributed by atoms with van der Waals surface area (Å²) in [4.78, 5) is 25.9. The lowest BCUT2D eigenvalue weighted by Gasteiger charge is -2.38. The Morgan fingerprint density at radius 1 is 1.25 bits per heavy atom. The highest BCUT2D eigenvalue weighted by Gasteiger charge is 2.29. The van der Waals surface area contributed by atoms with E-state index in [-0.39, 0.29) is 30.1 Å². The number of amides is 1. The number of esters is 1. The second-order valence-electron chi connectivity index (χ2n) is 6.29. The summed E-state index contributed by atoms with van der Waals surface area (Å²) >= 11 is 0. The van der Waals surface area contributed by atoms with Crippen LogP contribution in [-0.4, -0.2) is 55.2 Å². The Morgan fingerprint density at radius 3 is 2.38 bits per heavy atom. The molecule has 6 heteroatoms. The summed E-state index contributed by atoms with van der Waals surface area (Å²) in [6, 6.07) is 6.82. The number of benzene rings is 1. The molecule has 1 amide bonds. The minimum Gasteiger partial charge on any atom is -0.465 e. The molecule has 0 saturated carbocycles. The predicted molar refractivity (Wildman–Crippen MR) is 90.7 cm³/mol. The lowest BCUT2D eigenvalue weighted by atomic mass is 10.1. The number of carbonyl (C=O) groups excluding carboxylic acids is 2. The predicted octanol–water partition coefficient (Wildman–Crippen LogP) is 1.59. The quantitative estimate of drug-likeness (QED) is 0.828. The van der Waals surface area contributed by atoms with Crippen LogP contribution in [0.15, 0.2) is 24.3 Å². The topological polar surface area (TPSA) is 67.9 Å². The highest BCUT2D eigenvalue weighted by molar-refractivity contribution is 5.89. The molecule has 1 aromatic rings. The van der Waals surface area contributed by atoms with Crippen molar-refractivity contribution in [3.63, 3.8) is 0 Å². The maximum Gasteiger partial charge on any atom is 0.337 e. The van der Waals surface area contributed by atoms with E-state index in [0.29, 0.717) is 12.1 Å². The number of rotatable bonds is 5. The van der Waals surface area contributed by atoms with Crippen LogP contribution in [0.25, 0.3) is 0 Å². The van der Waals surface area contributed by atoms with Crippen LogP contribution < -0.4 is 5.32 Å². The van der Waals surface area contributed by atoms with Crippen LogP contribution in [-0.2, 0) is 20.8 Å². The van der Waals surface area contributed by atoms with Gasteiger partial charge in [0, 0.05) is 19.6 Å². The molecule has 3 atom stereocenters. The van der Waals surface area contributed by atoms with Gasteiger partial charge in [-0.15, -0.1) is 0 Å². The molecule has 6 nitrogen and oxygen atoms in total. The molecule has 0 bridgehead atoms. The summed E-state index contributed by atoms with van der Waals surface area (Å²) in [5, 5.41) is 2.95. The molecule has 0 radical (unpaired) electrons. The molecule has 0 spiro atoms. The third-order valence-corrected chi connectivity index (χ3v) is 4.22. The van der Waals surface area contributed by atoms with E-state index >= 15 is 0 Å². The Kier molecular flexibility index (Phi) is 6.34. The smallest absolute Gasteiger partial charge is 0.337 e. The van der Waals surface area contributed by atoms with E-state index in [9.17, 15) is 9.59 Å². The zero-order valence-corrected chi connectivity index (χ0v) is 14.7. The number of methoxy groups -OCH3 is 1. The minimum absolute atomic E-state index is 0.00616. The lowest BCUT2D eigenvalue weighted by molar-refractivity contribution is -0.131. The first-order chi connectivity index (χ1) is 11.4. The molecule has 132 valence electrons. The van der Waals surface area contributed by atoms with E-state index in [2.05, 4.69) is 15.0 Å². The monoisotopic (exact) mass is 334 g/mol. The number of hydrogen-bond acceptors (Lipinski definition) is 5. The zero-order chi connectivity index (χ0) is 17.7. The van der Waals surface area contributed by atoms with E-state index in [1.165, 1.54) is 7.11 Å². The van der Waals surface area contributed by atoms with Gasteiger partial charge in [-0.3, -0.25) is 9.69 Å². The van der Waals surface area contributed by atoms with Crippen molar-refractivity contribution in [2.75, 3.05) is 20.2 Å². The van der Waals surface area contributed by atoms with Gasteiger partial charge in [-0.2, -0.15) is 0 Å². The van der Waals surface area contributed by atoms with Crippen LogP contribution >= 0.6 is 0 Å². The van der Waals surface area contributed by atoms with Gasteiger partial charge in [0.2, 0.25) is 5.91 Å². The van der Waals surface area contributed by atoms with Gasteiger partial charge in [-0.25, -0.2) is 4.79 Å². The number of ether oxygens (including phenoxy) is 2. The average Bonchev–Trinajstić information content (AvgIpc) is 2.57. The van der Waals surface area contributed by atoms with Crippen molar-refractivity contribution >= 4 is 11.9 Å². The Balaban J connectivity index is 1.87. The molecule has 2 rings (SSSR count). The molecule has 1 aromatic carbocycles. The summed E-state index contributed by atoms with van der Waals surface area (Å²) in [7, 11) is 1.35. The molecule has 0 aromatic heterocycles. The van der Waals surface area contributed by atoms with Crippen molar-refractivity contribution in [1.29, 1.82) is 0 Å². The van der Waals surface area contributed by atoms with Crippen LogP contribution in [0.2, 0.25) is 0 Å². The molecule has 1 saturated heterocycles. The Bertz CT molecular complexity index is 563. The SMILES string of the molecule is COC(=O)c1ccc(CNC(=O)C(C)N2CC(C)OC(C)C2)cc1. The molecule has 0 aliphatic carbocycles. The molecule has 1 heterocycles. The highest BCUT2D eigenvalue weighted by Crippen LogP contribution is 2.14. The third-order valence-electron chi connectivity index (χ3n) is 4.22. The molecule has 1 aliphatic heterocycles. The maximum absolute atomic E-state index is 12.4. The van der Waals surface area contributed by atoms with Gasteiger partial charge in [-0.05, 0) is 38.5 Å². The van der Waals surface area contributed by atoms with E-state index in [4.69, 9.17) is 4.74 Å². The first-order valence-corrected chi connectivity index (χ1v) is 8.25. The largest absolute Gasteiger partial charge is 0.465 e. The standard InChI is InChI=1S/C18H26N2O4/c1-12-10-20(11-13(2)24-12)14(3)17(21)19-9-15-5-7-16(8-6-15)18(22)23-4/h5-8,12-14H,9-11H2,1-4H3,(H,19,21). The van der Waals surface area contributed by atoms with Crippen molar-refractivity contribution in [3.05, 3.63) is 35.4 Å². The number of morpholine rings is 1. The molecule has 1 N–H and O–H groups in total. The zero-order valence-electron chi connectivity index (χ0n) is 14.7. The van der Waals surface area contributed by atoms with Crippen molar-refractivity contribution in [2.45, 2.75) is 45.6 Å². The third kappa shape index (κ3) is 4.79. The van der Waals surface area contributed by atoms with Crippen molar-refractivity contribution in [3.8, 4) is 0 Å². The summed E-state index contributed by atoms with van der Waals surface area (Å²) in [5.74, 6) is -0.372. The minimum atomic E-state index is -0.366. The van der Waals surface area contributed by atoms with Gasteiger partial charge in [0.15, 0.2) is 0 Å². The van der Waals surface area contributed by atoms with Crippen molar-refractivity contribution in [2.24, 2.45) is 0 Å². The summed E-state index contributed by atoms with van der Waals surface area (Å²) in [5.41, 5.74) is 1.43. The van der Waals surface area contributed by atoms with E-state index in [1.807, 2.05) is 32.9 Å². The molecular weight excluding hydrogens is 308 g/mol. The van der Waals surface area contributed by atoms with E-state index < -0.39 is 0 Å². The average molecular weight is 334 g/mol. The van der Waals surface area contributed by atoms with Crippen LogP contribution in [0.4, 0.5) is 0 Å². The summed E-state index contributed by atoms with van der Waals surface area (Å²) < 4.78 is 10.4. The Hall–Kier alpha value is -1.92. The van der Waals surface area contributed by atoms with Gasteiger partial charge in [-0.1, -0.05) is 12.1 Å². The number of hydrogen-bond donors (Lipinski definition) is 1. The first-order valence-electron chi connectivity index (χ1n) is 8.25. The fourth-order valence-corrected chi connectivity index (χ4v) is 2.91. The second-order valence-corrected chi connectivity index (χ2v) is 6.29. The van der Waals surface area contributed by atoms with Gasteiger partial charge in [0.05, 0.1) is 30.9 Å². The molecule has 3 unspecified atom stereocenters. The Labute approximate surface area is 143 Å². The molecule has 24 heavy (non-hydrogen) atoms. The molecule has 1 aliphatic rings. The van der Waals surface area contributed by atoms with Gasteiger partial charge >= 0.3 is 5.97 Å². The fourth-order valence-electron chi connectivity index (χ4n) is 2.91.